The van der Waals surface area contributed by atoms with E-state index in [4.69, 9.17) is 33.7 Å². The topological polar surface area (TPSA) is 51.4 Å². The molecule has 6 heteroatoms. The Morgan fingerprint density at radius 3 is 3.06 bits per heavy atom. The van der Waals surface area contributed by atoms with Gasteiger partial charge in [0.15, 0.2) is 0 Å². The standard InChI is InChI=1S/C10H13Cl2N3O/c11-7-3-9(12)10(14-5-7)15-1-2-16-8(4-13)6-15/h3,5,8H,1-2,4,6,13H2. The smallest absolute Gasteiger partial charge is 0.147 e. The highest BCUT2D eigenvalue weighted by atomic mass is 35.5. The Hall–Kier alpha value is -0.550. The number of halogens is 2. The molecule has 0 aliphatic carbocycles. The number of pyridine rings is 1. The minimum absolute atomic E-state index is 0.0438. The Labute approximate surface area is 104 Å². The maximum absolute atomic E-state index is 6.09. The van der Waals surface area contributed by atoms with Gasteiger partial charge in [0.2, 0.25) is 0 Å². The first kappa shape index (κ1) is 11.9. The number of anilines is 1. The van der Waals surface area contributed by atoms with Crippen molar-refractivity contribution < 1.29 is 4.74 Å². The number of aromatic nitrogens is 1. The third-order valence-corrected chi connectivity index (χ3v) is 2.97. The molecule has 2 heterocycles. The molecule has 0 amide bonds. The third kappa shape index (κ3) is 2.58. The number of hydrogen-bond acceptors (Lipinski definition) is 4. The van der Waals surface area contributed by atoms with Crippen LogP contribution in [0.1, 0.15) is 0 Å². The molecule has 0 saturated carbocycles. The third-order valence-electron chi connectivity index (χ3n) is 2.49. The van der Waals surface area contributed by atoms with Crippen molar-refractivity contribution in [2.75, 3.05) is 31.1 Å². The molecule has 1 aliphatic rings. The van der Waals surface area contributed by atoms with Crippen LogP contribution in [0.15, 0.2) is 12.3 Å². The lowest BCUT2D eigenvalue weighted by atomic mass is 10.2. The molecule has 1 aliphatic heterocycles. The zero-order valence-corrected chi connectivity index (χ0v) is 10.2. The molecule has 1 aromatic rings. The monoisotopic (exact) mass is 261 g/mol. The van der Waals surface area contributed by atoms with E-state index in [2.05, 4.69) is 9.88 Å². The first-order valence-corrected chi connectivity index (χ1v) is 5.84. The van der Waals surface area contributed by atoms with Gasteiger partial charge in [0.1, 0.15) is 5.82 Å². The van der Waals surface area contributed by atoms with Gasteiger partial charge in [0, 0.05) is 25.8 Å². The lowest BCUT2D eigenvalue weighted by Gasteiger charge is -2.33. The Morgan fingerprint density at radius 2 is 2.38 bits per heavy atom. The van der Waals surface area contributed by atoms with E-state index in [1.54, 1.807) is 12.3 Å². The molecule has 4 nitrogen and oxygen atoms in total. The number of nitrogens with two attached hydrogens (primary N) is 1. The van der Waals surface area contributed by atoms with E-state index < -0.39 is 0 Å². The molecule has 88 valence electrons. The summed E-state index contributed by atoms with van der Waals surface area (Å²) in [4.78, 5) is 6.31. The van der Waals surface area contributed by atoms with Gasteiger partial charge >= 0.3 is 0 Å². The molecule has 1 saturated heterocycles. The van der Waals surface area contributed by atoms with Gasteiger partial charge in [0.25, 0.3) is 0 Å². The van der Waals surface area contributed by atoms with Crippen LogP contribution in [0, 0.1) is 0 Å². The second-order valence-corrected chi connectivity index (χ2v) is 4.48. The molecule has 0 bridgehead atoms. The van der Waals surface area contributed by atoms with Crippen molar-refractivity contribution in [2.45, 2.75) is 6.10 Å². The highest BCUT2D eigenvalue weighted by molar-refractivity contribution is 6.36. The number of hydrogen-bond donors (Lipinski definition) is 1. The van der Waals surface area contributed by atoms with E-state index in [9.17, 15) is 0 Å². The van der Waals surface area contributed by atoms with Crippen LogP contribution in [0.2, 0.25) is 10.0 Å². The molecule has 1 fully saturated rings. The van der Waals surface area contributed by atoms with Gasteiger partial charge in [-0.1, -0.05) is 23.2 Å². The zero-order chi connectivity index (χ0) is 11.5. The lowest BCUT2D eigenvalue weighted by Crippen LogP contribution is -2.46. The van der Waals surface area contributed by atoms with Crippen LogP contribution in [0.25, 0.3) is 0 Å². The van der Waals surface area contributed by atoms with Crippen LogP contribution in [0.5, 0.6) is 0 Å². The summed E-state index contributed by atoms with van der Waals surface area (Å²) >= 11 is 11.9. The van der Waals surface area contributed by atoms with Gasteiger partial charge < -0.3 is 15.4 Å². The summed E-state index contributed by atoms with van der Waals surface area (Å²) in [5, 5.41) is 1.10. The Bertz CT molecular complexity index is 375. The molecule has 0 radical (unpaired) electrons. The number of ether oxygens (including phenoxy) is 1. The highest BCUT2D eigenvalue weighted by Crippen LogP contribution is 2.27. The van der Waals surface area contributed by atoms with E-state index in [0.29, 0.717) is 29.7 Å². The first-order valence-electron chi connectivity index (χ1n) is 5.08. The largest absolute Gasteiger partial charge is 0.373 e. The molecule has 2 N–H and O–H groups in total. The number of nitrogens with zero attached hydrogens (tertiary/aromatic N) is 2. The minimum Gasteiger partial charge on any atom is -0.373 e. The summed E-state index contributed by atoms with van der Waals surface area (Å²) in [6, 6.07) is 1.69. The van der Waals surface area contributed by atoms with Crippen molar-refractivity contribution in [3.63, 3.8) is 0 Å². The summed E-state index contributed by atoms with van der Waals surface area (Å²) in [5.74, 6) is 0.743. The summed E-state index contributed by atoms with van der Waals surface area (Å²) < 4.78 is 5.48. The van der Waals surface area contributed by atoms with Crippen LogP contribution < -0.4 is 10.6 Å². The molecular weight excluding hydrogens is 249 g/mol. The Morgan fingerprint density at radius 1 is 1.56 bits per heavy atom. The van der Waals surface area contributed by atoms with Crippen LogP contribution in [-0.4, -0.2) is 37.3 Å². The van der Waals surface area contributed by atoms with E-state index in [-0.39, 0.29) is 6.10 Å². The van der Waals surface area contributed by atoms with Crippen LogP contribution in [-0.2, 0) is 4.74 Å². The number of rotatable bonds is 2. The van der Waals surface area contributed by atoms with Crippen molar-refractivity contribution in [1.82, 2.24) is 4.98 Å². The van der Waals surface area contributed by atoms with Gasteiger partial charge in [-0.05, 0) is 6.07 Å². The maximum Gasteiger partial charge on any atom is 0.147 e. The first-order chi connectivity index (χ1) is 7.70. The number of morpholine rings is 1. The van der Waals surface area contributed by atoms with Crippen LogP contribution >= 0.6 is 23.2 Å². The van der Waals surface area contributed by atoms with Crippen molar-refractivity contribution in [1.29, 1.82) is 0 Å². The average Bonchev–Trinajstić information content (AvgIpc) is 2.29. The van der Waals surface area contributed by atoms with E-state index in [1.807, 2.05) is 0 Å². The van der Waals surface area contributed by atoms with Gasteiger partial charge in [-0.3, -0.25) is 0 Å². The second kappa shape index (κ2) is 5.19. The quantitative estimate of drug-likeness (QED) is 0.878. The zero-order valence-electron chi connectivity index (χ0n) is 8.70. The second-order valence-electron chi connectivity index (χ2n) is 3.63. The fourth-order valence-electron chi connectivity index (χ4n) is 1.69. The average molecular weight is 262 g/mol. The van der Waals surface area contributed by atoms with Gasteiger partial charge in [-0.2, -0.15) is 0 Å². The predicted octanol–water partition coefficient (Wildman–Crippen LogP) is 1.55. The van der Waals surface area contributed by atoms with Crippen LogP contribution in [0.4, 0.5) is 5.82 Å². The molecule has 2 rings (SSSR count). The van der Waals surface area contributed by atoms with Crippen molar-refractivity contribution in [3.05, 3.63) is 22.3 Å². The van der Waals surface area contributed by atoms with Crippen LogP contribution in [0.3, 0.4) is 0 Å². The van der Waals surface area contributed by atoms with Gasteiger partial charge in [0.05, 0.1) is 22.8 Å². The molecule has 0 spiro atoms. The fourth-order valence-corrected chi connectivity index (χ4v) is 2.19. The van der Waals surface area contributed by atoms with E-state index in [0.717, 1.165) is 12.4 Å². The van der Waals surface area contributed by atoms with Crippen molar-refractivity contribution in [2.24, 2.45) is 5.73 Å². The molecule has 1 unspecified atom stereocenters. The van der Waals surface area contributed by atoms with E-state index >= 15 is 0 Å². The summed E-state index contributed by atoms with van der Waals surface area (Å²) in [7, 11) is 0. The summed E-state index contributed by atoms with van der Waals surface area (Å²) in [6.07, 6.45) is 1.64. The maximum atomic E-state index is 6.09. The van der Waals surface area contributed by atoms with Crippen molar-refractivity contribution in [3.8, 4) is 0 Å². The van der Waals surface area contributed by atoms with Crippen molar-refractivity contribution >= 4 is 29.0 Å². The normalized spacial score (nSPS) is 21.2. The van der Waals surface area contributed by atoms with E-state index in [1.165, 1.54) is 0 Å². The molecule has 1 aromatic heterocycles. The lowest BCUT2D eigenvalue weighted by molar-refractivity contribution is 0.0463. The summed E-state index contributed by atoms with van der Waals surface area (Å²) in [6.45, 7) is 2.62. The Balaban J connectivity index is 2.16. The summed E-state index contributed by atoms with van der Waals surface area (Å²) in [5.41, 5.74) is 5.58. The SMILES string of the molecule is NCC1CN(c2ncc(Cl)cc2Cl)CCO1. The molecule has 16 heavy (non-hydrogen) atoms. The van der Waals surface area contributed by atoms with Gasteiger partial charge in [-0.25, -0.2) is 4.98 Å². The fraction of sp³-hybridized carbons (Fsp3) is 0.500. The molecule has 0 aromatic carbocycles. The van der Waals surface area contributed by atoms with Gasteiger partial charge in [-0.15, -0.1) is 0 Å². The minimum atomic E-state index is 0.0438. The molecule has 1 atom stereocenters. The highest BCUT2D eigenvalue weighted by Gasteiger charge is 2.21. The molecular formula is C10H13Cl2N3O. The Kier molecular flexibility index (Phi) is 3.86. The predicted molar refractivity (Wildman–Crippen MR) is 65.3 cm³/mol.